The van der Waals surface area contributed by atoms with Gasteiger partial charge in [-0.3, -0.25) is 4.79 Å². The standard InChI is InChI=1S/C19H30N2O2/c1-13(2)17-8-7-14(3)10-18(17)23-12-19(22)21-9-5-6-16(11-21)15(4)20/h7-8,10,13,15-16H,5-6,9,11-12,20H2,1-4H3. The number of ether oxygens (including phenoxy) is 1. The SMILES string of the molecule is Cc1ccc(C(C)C)c(OCC(=O)N2CCCC(C(C)N)C2)c1. The summed E-state index contributed by atoms with van der Waals surface area (Å²) >= 11 is 0. The van der Waals surface area contributed by atoms with Crippen LogP contribution >= 0.6 is 0 Å². The zero-order valence-corrected chi connectivity index (χ0v) is 14.8. The number of piperidine rings is 1. The molecule has 1 aliphatic rings. The van der Waals surface area contributed by atoms with Crippen LogP contribution in [0.3, 0.4) is 0 Å². The smallest absolute Gasteiger partial charge is 0.260 e. The summed E-state index contributed by atoms with van der Waals surface area (Å²) in [4.78, 5) is 14.4. The second-order valence-corrected chi connectivity index (χ2v) is 7.09. The van der Waals surface area contributed by atoms with Crippen molar-refractivity contribution >= 4 is 5.91 Å². The van der Waals surface area contributed by atoms with Crippen LogP contribution in [0.5, 0.6) is 5.75 Å². The van der Waals surface area contributed by atoms with Crippen molar-refractivity contribution in [2.75, 3.05) is 19.7 Å². The molecule has 1 saturated heterocycles. The van der Waals surface area contributed by atoms with Gasteiger partial charge in [0.15, 0.2) is 6.61 Å². The van der Waals surface area contributed by atoms with Crippen LogP contribution in [0, 0.1) is 12.8 Å². The lowest BCUT2D eigenvalue weighted by Crippen LogP contribution is -2.46. The van der Waals surface area contributed by atoms with Crippen molar-refractivity contribution in [3.63, 3.8) is 0 Å². The van der Waals surface area contributed by atoms with Crippen molar-refractivity contribution in [3.8, 4) is 5.75 Å². The summed E-state index contributed by atoms with van der Waals surface area (Å²) in [7, 11) is 0. The van der Waals surface area contributed by atoms with E-state index in [1.54, 1.807) is 0 Å². The quantitative estimate of drug-likeness (QED) is 0.907. The van der Waals surface area contributed by atoms with Gasteiger partial charge in [-0.2, -0.15) is 0 Å². The molecule has 0 aliphatic carbocycles. The van der Waals surface area contributed by atoms with E-state index in [1.165, 1.54) is 0 Å². The van der Waals surface area contributed by atoms with Crippen molar-refractivity contribution in [1.82, 2.24) is 4.90 Å². The van der Waals surface area contributed by atoms with Crippen LogP contribution < -0.4 is 10.5 Å². The van der Waals surface area contributed by atoms with Crippen molar-refractivity contribution in [1.29, 1.82) is 0 Å². The van der Waals surface area contributed by atoms with Crippen LogP contribution in [0.4, 0.5) is 0 Å². The van der Waals surface area contributed by atoms with E-state index in [9.17, 15) is 4.79 Å². The van der Waals surface area contributed by atoms with E-state index in [2.05, 4.69) is 26.0 Å². The molecule has 0 aromatic heterocycles. The molecule has 2 rings (SSSR count). The zero-order valence-electron chi connectivity index (χ0n) is 14.8. The van der Waals surface area contributed by atoms with Gasteiger partial charge < -0.3 is 15.4 Å². The van der Waals surface area contributed by atoms with Gasteiger partial charge in [0, 0.05) is 19.1 Å². The molecule has 1 heterocycles. The zero-order chi connectivity index (χ0) is 17.0. The number of amides is 1. The van der Waals surface area contributed by atoms with Gasteiger partial charge in [-0.15, -0.1) is 0 Å². The number of nitrogens with two attached hydrogens (primary N) is 1. The molecule has 0 saturated carbocycles. The molecule has 2 N–H and O–H groups in total. The first-order valence-corrected chi connectivity index (χ1v) is 8.65. The fraction of sp³-hybridized carbons (Fsp3) is 0.632. The highest BCUT2D eigenvalue weighted by molar-refractivity contribution is 5.78. The number of aryl methyl sites for hydroxylation is 1. The lowest BCUT2D eigenvalue weighted by Gasteiger charge is -2.34. The molecule has 128 valence electrons. The topological polar surface area (TPSA) is 55.6 Å². The maximum Gasteiger partial charge on any atom is 0.260 e. The molecule has 4 heteroatoms. The van der Waals surface area contributed by atoms with Crippen LogP contribution in [0.15, 0.2) is 18.2 Å². The summed E-state index contributed by atoms with van der Waals surface area (Å²) < 4.78 is 5.87. The minimum absolute atomic E-state index is 0.0616. The molecule has 1 aromatic carbocycles. The molecule has 1 amide bonds. The third-order valence-corrected chi connectivity index (χ3v) is 4.70. The Kier molecular flexibility index (Phi) is 6.05. The van der Waals surface area contributed by atoms with Gasteiger partial charge in [0.25, 0.3) is 5.91 Å². The number of carbonyl (C=O) groups is 1. The number of likely N-dealkylation sites (tertiary alicyclic amines) is 1. The third kappa shape index (κ3) is 4.71. The molecule has 4 nitrogen and oxygen atoms in total. The Labute approximate surface area is 140 Å². The van der Waals surface area contributed by atoms with Crippen molar-refractivity contribution in [2.45, 2.75) is 52.5 Å². The average molecular weight is 318 g/mol. The van der Waals surface area contributed by atoms with Gasteiger partial charge in [-0.25, -0.2) is 0 Å². The maximum atomic E-state index is 12.5. The van der Waals surface area contributed by atoms with Gasteiger partial charge in [0.1, 0.15) is 5.75 Å². The molecular weight excluding hydrogens is 288 g/mol. The first-order chi connectivity index (χ1) is 10.9. The van der Waals surface area contributed by atoms with Crippen LogP contribution in [0.25, 0.3) is 0 Å². The molecule has 0 bridgehead atoms. The van der Waals surface area contributed by atoms with E-state index >= 15 is 0 Å². The fourth-order valence-electron chi connectivity index (χ4n) is 3.14. The minimum Gasteiger partial charge on any atom is -0.483 e. The lowest BCUT2D eigenvalue weighted by atomic mass is 9.92. The number of hydrogen-bond acceptors (Lipinski definition) is 3. The third-order valence-electron chi connectivity index (χ3n) is 4.70. The Morgan fingerprint density at radius 3 is 2.78 bits per heavy atom. The molecular formula is C19H30N2O2. The van der Waals surface area contributed by atoms with Crippen molar-refractivity contribution in [3.05, 3.63) is 29.3 Å². The normalized spacial score (nSPS) is 19.7. The van der Waals surface area contributed by atoms with Gasteiger partial charge >= 0.3 is 0 Å². The Balaban J connectivity index is 1.98. The second kappa shape index (κ2) is 7.82. The summed E-state index contributed by atoms with van der Waals surface area (Å²) in [6, 6.07) is 6.33. The minimum atomic E-state index is 0.0616. The van der Waals surface area contributed by atoms with Gasteiger partial charge in [0.2, 0.25) is 0 Å². The van der Waals surface area contributed by atoms with Crippen LogP contribution in [-0.2, 0) is 4.79 Å². The molecule has 1 aliphatic heterocycles. The number of rotatable bonds is 5. The highest BCUT2D eigenvalue weighted by atomic mass is 16.5. The predicted octanol–water partition coefficient (Wildman–Crippen LogP) is 3.08. The van der Waals surface area contributed by atoms with Crippen LogP contribution in [-0.4, -0.2) is 36.5 Å². The molecule has 0 spiro atoms. The monoisotopic (exact) mass is 318 g/mol. The van der Waals surface area contributed by atoms with Crippen molar-refractivity contribution in [2.24, 2.45) is 11.7 Å². The van der Waals surface area contributed by atoms with E-state index in [4.69, 9.17) is 10.5 Å². The molecule has 1 aromatic rings. The first kappa shape index (κ1) is 17.8. The highest BCUT2D eigenvalue weighted by Crippen LogP contribution is 2.27. The summed E-state index contributed by atoms with van der Waals surface area (Å²) in [5.74, 6) is 1.66. The van der Waals surface area contributed by atoms with Gasteiger partial charge in [0.05, 0.1) is 0 Å². The van der Waals surface area contributed by atoms with Crippen molar-refractivity contribution < 1.29 is 9.53 Å². The summed E-state index contributed by atoms with van der Waals surface area (Å²) in [6.07, 6.45) is 2.14. The predicted molar refractivity (Wildman–Crippen MR) is 93.7 cm³/mol. The maximum absolute atomic E-state index is 12.5. The Bertz CT molecular complexity index is 540. The molecule has 2 atom stereocenters. The Hall–Kier alpha value is -1.55. The Morgan fingerprint density at radius 2 is 2.13 bits per heavy atom. The van der Waals surface area contributed by atoms with Gasteiger partial charge in [-0.05, 0) is 55.7 Å². The van der Waals surface area contributed by atoms with E-state index in [1.807, 2.05) is 24.8 Å². The van der Waals surface area contributed by atoms with E-state index in [-0.39, 0.29) is 18.6 Å². The number of carbonyl (C=O) groups excluding carboxylic acids is 1. The van der Waals surface area contributed by atoms with E-state index in [0.717, 1.165) is 42.8 Å². The fourth-order valence-corrected chi connectivity index (χ4v) is 3.14. The molecule has 23 heavy (non-hydrogen) atoms. The van der Waals surface area contributed by atoms with Crippen LogP contribution in [0.1, 0.15) is 50.7 Å². The number of nitrogens with zero attached hydrogens (tertiary/aromatic N) is 1. The average Bonchev–Trinajstić information content (AvgIpc) is 2.52. The highest BCUT2D eigenvalue weighted by Gasteiger charge is 2.26. The molecule has 0 radical (unpaired) electrons. The molecule has 1 fully saturated rings. The van der Waals surface area contributed by atoms with Gasteiger partial charge in [-0.1, -0.05) is 26.0 Å². The summed E-state index contributed by atoms with van der Waals surface area (Å²) in [5.41, 5.74) is 8.29. The second-order valence-electron chi connectivity index (χ2n) is 7.09. The first-order valence-electron chi connectivity index (χ1n) is 8.65. The van der Waals surface area contributed by atoms with E-state index in [0.29, 0.717) is 11.8 Å². The number of hydrogen-bond donors (Lipinski definition) is 1. The van der Waals surface area contributed by atoms with E-state index < -0.39 is 0 Å². The Morgan fingerprint density at radius 1 is 1.39 bits per heavy atom. The largest absolute Gasteiger partial charge is 0.483 e. The van der Waals surface area contributed by atoms with Crippen LogP contribution in [0.2, 0.25) is 0 Å². The summed E-state index contributed by atoms with van der Waals surface area (Å²) in [5, 5.41) is 0. The number of benzene rings is 1. The molecule has 2 unspecified atom stereocenters. The summed E-state index contributed by atoms with van der Waals surface area (Å²) in [6.45, 7) is 10.0. The lowest BCUT2D eigenvalue weighted by molar-refractivity contribution is -0.135.